The van der Waals surface area contributed by atoms with Crippen LogP contribution >= 0.6 is 11.3 Å². The zero-order chi connectivity index (χ0) is 18.7. The lowest BCUT2D eigenvalue weighted by Crippen LogP contribution is -2.02. The van der Waals surface area contributed by atoms with Crippen LogP contribution < -0.4 is 19.9 Å². The Hall–Kier alpha value is -3.06. The molecule has 0 saturated carbocycles. The molecule has 0 unspecified atom stereocenters. The summed E-state index contributed by atoms with van der Waals surface area (Å²) in [5, 5.41) is 2.76. The van der Waals surface area contributed by atoms with E-state index in [1.165, 1.54) is 32.7 Å². The summed E-state index contributed by atoms with van der Waals surface area (Å²) in [4.78, 5) is 16.1. The number of methoxy groups -OCH3 is 3. The van der Waals surface area contributed by atoms with Gasteiger partial charge in [0.05, 0.1) is 21.3 Å². The summed E-state index contributed by atoms with van der Waals surface area (Å²) in [6, 6.07) is 7.19. The number of anilines is 1. The number of aldehydes is 1. The third kappa shape index (κ3) is 2.97. The molecule has 0 atom stereocenters. The minimum Gasteiger partial charge on any atom is -0.493 e. The van der Waals surface area contributed by atoms with Crippen LogP contribution in [0, 0.1) is 0 Å². The maximum Gasteiger partial charge on any atom is 0.203 e. The van der Waals surface area contributed by atoms with Crippen LogP contribution in [0.15, 0.2) is 35.8 Å². The molecule has 0 bridgehead atoms. The Kier molecular flexibility index (Phi) is 5.09. The highest BCUT2D eigenvalue weighted by Gasteiger charge is 2.23. The van der Waals surface area contributed by atoms with Crippen LogP contribution in [0.25, 0.3) is 21.7 Å². The molecule has 26 heavy (non-hydrogen) atoms. The van der Waals surface area contributed by atoms with Gasteiger partial charge in [-0.2, -0.15) is 0 Å². The van der Waals surface area contributed by atoms with Crippen molar-refractivity contribution in [2.75, 3.05) is 27.1 Å². The molecule has 3 aromatic rings. The monoisotopic (exact) mass is 370 g/mol. The Bertz CT molecular complexity index is 939. The topological polar surface area (TPSA) is 83.7 Å². The number of carbonyl (C=O) groups excluding carboxylic acids is 1. The van der Waals surface area contributed by atoms with Gasteiger partial charge in [0.2, 0.25) is 5.75 Å². The maximum atomic E-state index is 11.8. The fourth-order valence-electron chi connectivity index (χ4n) is 2.82. The molecule has 7 heteroatoms. The van der Waals surface area contributed by atoms with Crippen LogP contribution in [0.2, 0.25) is 0 Å². The Balaban J connectivity index is 2.32. The van der Waals surface area contributed by atoms with Gasteiger partial charge in [-0.15, -0.1) is 11.3 Å². The average Bonchev–Trinajstić information content (AvgIpc) is 3.21. The van der Waals surface area contributed by atoms with Gasteiger partial charge >= 0.3 is 0 Å². The second-order valence-corrected chi connectivity index (χ2v) is 6.26. The van der Waals surface area contributed by atoms with Gasteiger partial charge in [-0.05, 0) is 24.3 Å². The summed E-state index contributed by atoms with van der Waals surface area (Å²) in [5.74, 6) is 1.19. The lowest BCUT2D eigenvalue weighted by Gasteiger charge is -2.19. The smallest absolute Gasteiger partial charge is 0.203 e. The largest absolute Gasteiger partial charge is 0.493 e. The van der Waals surface area contributed by atoms with E-state index in [9.17, 15) is 4.79 Å². The molecule has 1 heterocycles. The number of ether oxygens (including phenoxy) is 3. The van der Waals surface area contributed by atoms with Crippen LogP contribution in [0.4, 0.5) is 5.69 Å². The third-order valence-electron chi connectivity index (χ3n) is 3.99. The van der Waals surface area contributed by atoms with Crippen LogP contribution in [0.3, 0.4) is 0 Å². The van der Waals surface area contributed by atoms with E-state index in [1.54, 1.807) is 18.3 Å². The standard InChI is InChI=1S/C19H18N2O4S/c1-23-15-9-12(10-22)16(18(25-3)17(15)24-2)13-8-11(4-5-14(13)20)19-21-6-7-26-19/h4-10H,20H2,1-3H3. The summed E-state index contributed by atoms with van der Waals surface area (Å²) < 4.78 is 16.3. The van der Waals surface area contributed by atoms with Crippen LogP contribution in [0.5, 0.6) is 17.2 Å². The van der Waals surface area contributed by atoms with Crippen molar-refractivity contribution in [1.82, 2.24) is 4.98 Å². The van der Waals surface area contributed by atoms with Crippen molar-refractivity contribution < 1.29 is 19.0 Å². The minimum absolute atomic E-state index is 0.386. The molecular formula is C19H18N2O4S. The zero-order valence-corrected chi connectivity index (χ0v) is 15.4. The normalized spacial score (nSPS) is 10.4. The molecule has 0 aliphatic carbocycles. The Morgan fingerprint density at radius 1 is 1.08 bits per heavy atom. The van der Waals surface area contributed by atoms with Gasteiger partial charge in [-0.25, -0.2) is 4.98 Å². The number of carbonyl (C=O) groups is 1. The van der Waals surface area contributed by atoms with Crippen molar-refractivity contribution in [2.24, 2.45) is 0 Å². The number of thiazole rings is 1. The van der Waals surface area contributed by atoms with Crippen LogP contribution in [0.1, 0.15) is 10.4 Å². The molecule has 0 saturated heterocycles. The molecule has 0 aliphatic heterocycles. The first kappa shape index (κ1) is 17.8. The third-order valence-corrected chi connectivity index (χ3v) is 4.81. The number of nitrogens with zero attached hydrogens (tertiary/aromatic N) is 1. The maximum absolute atomic E-state index is 11.8. The number of nitrogen functional groups attached to an aromatic ring is 1. The quantitative estimate of drug-likeness (QED) is 0.523. The molecule has 0 fully saturated rings. The molecule has 2 aromatic carbocycles. The van der Waals surface area contributed by atoms with Gasteiger partial charge in [0.1, 0.15) is 5.01 Å². The fraction of sp³-hybridized carbons (Fsp3) is 0.158. The Morgan fingerprint density at radius 3 is 2.42 bits per heavy atom. The molecule has 134 valence electrons. The Morgan fingerprint density at radius 2 is 1.85 bits per heavy atom. The Labute approximate surface area is 155 Å². The van der Waals surface area contributed by atoms with Crippen molar-refractivity contribution >= 4 is 23.3 Å². The van der Waals surface area contributed by atoms with Crippen LogP contribution in [-0.4, -0.2) is 32.6 Å². The second kappa shape index (κ2) is 7.45. The van der Waals surface area contributed by atoms with Gasteiger partial charge in [-0.1, -0.05) is 0 Å². The molecule has 0 radical (unpaired) electrons. The number of benzene rings is 2. The SMILES string of the molecule is COc1cc(C=O)c(-c2cc(-c3nccs3)ccc2N)c(OC)c1OC. The van der Waals surface area contributed by atoms with Crippen molar-refractivity contribution in [3.05, 3.63) is 41.4 Å². The highest BCUT2D eigenvalue weighted by molar-refractivity contribution is 7.13. The number of nitrogens with two attached hydrogens (primary N) is 1. The van der Waals surface area contributed by atoms with E-state index in [-0.39, 0.29) is 0 Å². The van der Waals surface area contributed by atoms with Gasteiger partial charge in [0, 0.05) is 39.5 Å². The highest BCUT2D eigenvalue weighted by Crippen LogP contribution is 2.48. The molecule has 0 spiro atoms. The molecule has 0 aliphatic rings. The van der Waals surface area contributed by atoms with Crippen molar-refractivity contribution in [1.29, 1.82) is 0 Å². The van der Waals surface area contributed by atoms with E-state index in [0.29, 0.717) is 39.6 Å². The van der Waals surface area contributed by atoms with E-state index in [4.69, 9.17) is 19.9 Å². The van der Waals surface area contributed by atoms with E-state index < -0.39 is 0 Å². The first-order chi connectivity index (χ1) is 12.6. The zero-order valence-electron chi connectivity index (χ0n) is 14.6. The number of aromatic nitrogens is 1. The van der Waals surface area contributed by atoms with Crippen LogP contribution in [-0.2, 0) is 0 Å². The summed E-state index contributed by atoms with van der Waals surface area (Å²) in [6.07, 6.45) is 2.49. The summed E-state index contributed by atoms with van der Waals surface area (Å²) in [5.41, 5.74) is 9.24. The molecule has 1 aromatic heterocycles. The number of rotatable bonds is 6. The van der Waals surface area contributed by atoms with Gasteiger partial charge < -0.3 is 19.9 Å². The first-order valence-corrected chi connectivity index (χ1v) is 8.60. The molecule has 0 amide bonds. The predicted molar refractivity (Wildman–Crippen MR) is 102 cm³/mol. The van der Waals surface area contributed by atoms with Gasteiger partial charge in [0.25, 0.3) is 0 Å². The minimum atomic E-state index is 0.386. The van der Waals surface area contributed by atoms with E-state index in [2.05, 4.69) is 4.98 Å². The lowest BCUT2D eigenvalue weighted by atomic mass is 9.95. The number of hydrogen-bond acceptors (Lipinski definition) is 7. The summed E-state index contributed by atoms with van der Waals surface area (Å²) in [6.45, 7) is 0. The predicted octanol–water partition coefficient (Wildman–Crippen LogP) is 3.90. The molecular weight excluding hydrogens is 352 g/mol. The van der Waals surface area contributed by atoms with Crippen molar-refractivity contribution in [3.8, 4) is 38.9 Å². The summed E-state index contributed by atoms with van der Waals surface area (Å²) >= 11 is 1.52. The van der Waals surface area contributed by atoms with Gasteiger partial charge in [-0.3, -0.25) is 4.79 Å². The van der Waals surface area contributed by atoms with E-state index in [1.807, 2.05) is 17.5 Å². The van der Waals surface area contributed by atoms with E-state index in [0.717, 1.165) is 16.9 Å². The number of hydrogen-bond donors (Lipinski definition) is 1. The lowest BCUT2D eigenvalue weighted by molar-refractivity contribution is 0.112. The van der Waals surface area contributed by atoms with Crippen molar-refractivity contribution in [3.63, 3.8) is 0 Å². The highest BCUT2D eigenvalue weighted by atomic mass is 32.1. The molecule has 6 nitrogen and oxygen atoms in total. The first-order valence-electron chi connectivity index (χ1n) is 7.72. The van der Waals surface area contributed by atoms with Gasteiger partial charge in [0.15, 0.2) is 17.8 Å². The summed E-state index contributed by atoms with van der Waals surface area (Å²) in [7, 11) is 4.53. The average molecular weight is 370 g/mol. The second-order valence-electron chi connectivity index (χ2n) is 5.37. The van der Waals surface area contributed by atoms with Crippen molar-refractivity contribution in [2.45, 2.75) is 0 Å². The molecule has 3 rings (SSSR count). The van der Waals surface area contributed by atoms with E-state index >= 15 is 0 Å². The fourth-order valence-corrected chi connectivity index (χ4v) is 3.45. The molecule has 2 N–H and O–H groups in total.